The van der Waals surface area contributed by atoms with Crippen molar-refractivity contribution in [2.24, 2.45) is 7.05 Å². The molecule has 0 spiro atoms. The van der Waals surface area contributed by atoms with Crippen LogP contribution in [-0.2, 0) is 13.2 Å². The minimum Gasteiger partial charge on any atom is -0.383 e. The van der Waals surface area contributed by atoms with Crippen LogP contribution in [0.4, 0.5) is 13.2 Å². The second-order valence-electron chi connectivity index (χ2n) is 3.88. The zero-order valence-electron chi connectivity index (χ0n) is 9.86. The summed E-state index contributed by atoms with van der Waals surface area (Å²) in [7, 11) is 1.58. The first-order chi connectivity index (χ1) is 8.71. The predicted octanol–water partition coefficient (Wildman–Crippen LogP) is 2.94. The fraction of sp³-hybridized carbons (Fsp3) is 0.400. The van der Waals surface area contributed by atoms with E-state index < -0.39 is 17.3 Å². The van der Waals surface area contributed by atoms with Crippen LogP contribution in [0.2, 0.25) is 5.15 Å². The van der Waals surface area contributed by atoms with Gasteiger partial charge in [-0.3, -0.25) is 4.68 Å². The molecule has 0 radical (unpaired) electrons. The van der Waals surface area contributed by atoms with Gasteiger partial charge in [0.1, 0.15) is 11.3 Å². The number of aryl methyl sites for hydroxylation is 2. The van der Waals surface area contributed by atoms with E-state index in [1.54, 1.807) is 14.0 Å². The minimum absolute atomic E-state index is 0.0744. The second-order valence-corrected chi connectivity index (χ2v) is 5.30. The SMILES string of the molecule is Cc1nn(C)c(Cl)c1C(O)c1cnc(C(F)(F)F)s1. The summed E-state index contributed by atoms with van der Waals surface area (Å²) in [6.45, 7) is 1.62. The molecule has 1 unspecified atom stereocenters. The Kier molecular flexibility index (Phi) is 3.59. The van der Waals surface area contributed by atoms with Gasteiger partial charge < -0.3 is 5.11 Å². The Hall–Kier alpha value is -1.12. The number of hydrogen-bond donors (Lipinski definition) is 1. The molecule has 19 heavy (non-hydrogen) atoms. The van der Waals surface area contributed by atoms with Crippen LogP contribution < -0.4 is 0 Å². The maximum atomic E-state index is 12.5. The molecule has 0 bridgehead atoms. The number of rotatable bonds is 2. The van der Waals surface area contributed by atoms with Crippen LogP contribution >= 0.6 is 22.9 Å². The Bertz CT molecular complexity index is 608. The summed E-state index contributed by atoms with van der Waals surface area (Å²) in [4.78, 5) is 3.34. The molecular weight excluding hydrogens is 303 g/mol. The van der Waals surface area contributed by atoms with Crippen LogP contribution in [0, 0.1) is 6.92 Å². The minimum atomic E-state index is -4.52. The Labute approximate surface area is 115 Å². The van der Waals surface area contributed by atoms with E-state index in [1.807, 2.05) is 0 Å². The first-order valence-corrected chi connectivity index (χ1v) is 6.31. The van der Waals surface area contributed by atoms with Crippen molar-refractivity contribution in [1.82, 2.24) is 14.8 Å². The highest BCUT2D eigenvalue weighted by molar-refractivity contribution is 7.11. The quantitative estimate of drug-likeness (QED) is 0.927. The van der Waals surface area contributed by atoms with Gasteiger partial charge in [-0.15, -0.1) is 11.3 Å². The number of hydrogen-bond acceptors (Lipinski definition) is 4. The van der Waals surface area contributed by atoms with E-state index in [0.29, 0.717) is 22.6 Å². The third kappa shape index (κ3) is 2.60. The highest BCUT2D eigenvalue weighted by Crippen LogP contribution is 2.38. The smallest absolute Gasteiger partial charge is 0.383 e. The molecule has 2 aromatic rings. The van der Waals surface area contributed by atoms with E-state index in [1.165, 1.54) is 4.68 Å². The van der Waals surface area contributed by atoms with Crippen molar-refractivity contribution in [2.75, 3.05) is 0 Å². The Morgan fingerprint density at radius 1 is 1.47 bits per heavy atom. The molecule has 0 fully saturated rings. The molecule has 9 heteroatoms. The summed E-state index contributed by atoms with van der Waals surface area (Å²) < 4.78 is 38.7. The zero-order valence-corrected chi connectivity index (χ0v) is 11.4. The highest BCUT2D eigenvalue weighted by atomic mass is 35.5. The molecule has 104 valence electrons. The van der Waals surface area contributed by atoms with Crippen LogP contribution in [0.1, 0.15) is 27.2 Å². The number of aliphatic hydroxyl groups excluding tert-OH is 1. The molecule has 0 saturated heterocycles. The zero-order chi connectivity index (χ0) is 14.4. The predicted molar refractivity (Wildman–Crippen MR) is 64.1 cm³/mol. The molecule has 0 aromatic carbocycles. The normalized spacial score (nSPS) is 13.8. The average Bonchev–Trinajstić information content (AvgIpc) is 2.84. The van der Waals surface area contributed by atoms with E-state index in [9.17, 15) is 18.3 Å². The molecule has 4 nitrogen and oxygen atoms in total. The fourth-order valence-electron chi connectivity index (χ4n) is 1.64. The third-order valence-corrected chi connectivity index (χ3v) is 4.05. The maximum absolute atomic E-state index is 12.5. The van der Waals surface area contributed by atoms with Crippen LogP contribution in [0.25, 0.3) is 0 Å². The lowest BCUT2D eigenvalue weighted by Gasteiger charge is -2.07. The van der Waals surface area contributed by atoms with Gasteiger partial charge in [0.2, 0.25) is 0 Å². The number of halogens is 4. The van der Waals surface area contributed by atoms with Crippen LogP contribution in [0.3, 0.4) is 0 Å². The fourth-order valence-corrected chi connectivity index (χ4v) is 2.70. The van der Waals surface area contributed by atoms with Gasteiger partial charge in [-0.2, -0.15) is 18.3 Å². The number of aromatic nitrogens is 3. The van der Waals surface area contributed by atoms with Crippen molar-refractivity contribution < 1.29 is 18.3 Å². The van der Waals surface area contributed by atoms with Gasteiger partial charge in [-0.25, -0.2) is 4.98 Å². The average molecular weight is 312 g/mol. The van der Waals surface area contributed by atoms with Gasteiger partial charge in [-0.05, 0) is 6.92 Å². The van der Waals surface area contributed by atoms with Gasteiger partial charge in [0, 0.05) is 18.8 Å². The summed E-state index contributed by atoms with van der Waals surface area (Å²) in [5.41, 5.74) is 0.753. The Balaban J connectivity index is 2.39. The number of thiazole rings is 1. The van der Waals surface area contributed by atoms with Gasteiger partial charge in [0.25, 0.3) is 0 Å². The summed E-state index contributed by atoms with van der Waals surface area (Å²) in [6.07, 6.45) is -4.79. The largest absolute Gasteiger partial charge is 0.443 e. The van der Waals surface area contributed by atoms with Crippen LogP contribution in [0.15, 0.2) is 6.20 Å². The second kappa shape index (κ2) is 4.77. The molecular formula is C10H9ClF3N3OS. The topological polar surface area (TPSA) is 50.9 Å². The number of nitrogens with zero attached hydrogens (tertiary/aromatic N) is 3. The van der Waals surface area contributed by atoms with Crippen molar-refractivity contribution in [3.63, 3.8) is 0 Å². The molecule has 2 rings (SSSR count). The summed E-state index contributed by atoms with van der Waals surface area (Å²) in [5.74, 6) is 0. The van der Waals surface area contributed by atoms with Crippen molar-refractivity contribution >= 4 is 22.9 Å². The Morgan fingerprint density at radius 3 is 2.53 bits per heavy atom. The molecule has 0 aliphatic rings. The molecule has 1 atom stereocenters. The van der Waals surface area contributed by atoms with Gasteiger partial charge in [0.15, 0.2) is 5.01 Å². The first-order valence-electron chi connectivity index (χ1n) is 5.11. The standard InChI is InChI=1S/C10H9ClF3N3OS/c1-4-6(8(11)17(2)16-4)7(18)5-3-15-9(19-5)10(12,13)14/h3,7,18H,1-2H3. The van der Waals surface area contributed by atoms with E-state index in [0.717, 1.165) is 6.20 Å². The molecule has 2 heterocycles. The van der Waals surface area contributed by atoms with Crippen LogP contribution in [0.5, 0.6) is 0 Å². The Morgan fingerprint density at radius 2 is 2.11 bits per heavy atom. The molecule has 0 aliphatic carbocycles. The highest BCUT2D eigenvalue weighted by Gasteiger charge is 2.35. The molecule has 0 aliphatic heterocycles. The third-order valence-electron chi connectivity index (χ3n) is 2.51. The lowest BCUT2D eigenvalue weighted by Crippen LogP contribution is -2.03. The molecule has 0 amide bonds. The molecule has 1 N–H and O–H groups in total. The van der Waals surface area contributed by atoms with E-state index >= 15 is 0 Å². The molecule has 0 saturated carbocycles. The van der Waals surface area contributed by atoms with E-state index in [-0.39, 0.29) is 10.0 Å². The van der Waals surface area contributed by atoms with Gasteiger partial charge in [0.05, 0.1) is 10.6 Å². The first kappa shape index (κ1) is 14.3. The molecule has 2 aromatic heterocycles. The van der Waals surface area contributed by atoms with E-state index in [2.05, 4.69) is 10.1 Å². The monoisotopic (exact) mass is 311 g/mol. The maximum Gasteiger partial charge on any atom is 0.443 e. The number of aliphatic hydroxyl groups is 1. The lowest BCUT2D eigenvalue weighted by atomic mass is 10.1. The van der Waals surface area contributed by atoms with Crippen molar-refractivity contribution in [2.45, 2.75) is 19.2 Å². The summed E-state index contributed by atoms with van der Waals surface area (Å²) >= 11 is 6.35. The van der Waals surface area contributed by atoms with Crippen molar-refractivity contribution in [1.29, 1.82) is 0 Å². The van der Waals surface area contributed by atoms with Gasteiger partial charge in [-0.1, -0.05) is 11.6 Å². The lowest BCUT2D eigenvalue weighted by molar-refractivity contribution is -0.137. The van der Waals surface area contributed by atoms with Gasteiger partial charge >= 0.3 is 6.18 Å². The number of alkyl halides is 3. The van der Waals surface area contributed by atoms with Crippen molar-refractivity contribution in [3.05, 3.63) is 32.5 Å². The van der Waals surface area contributed by atoms with Crippen LogP contribution in [-0.4, -0.2) is 19.9 Å². The summed E-state index contributed by atoms with van der Waals surface area (Å²) in [6, 6.07) is 0. The van der Waals surface area contributed by atoms with E-state index in [4.69, 9.17) is 11.6 Å². The van der Waals surface area contributed by atoms with Crippen molar-refractivity contribution in [3.8, 4) is 0 Å². The summed E-state index contributed by atoms with van der Waals surface area (Å²) in [5, 5.41) is 13.3.